The average Bonchev–Trinajstić information content (AvgIpc) is 2.34. The van der Waals surface area contributed by atoms with Crippen molar-refractivity contribution in [3.63, 3.8) is 0 Å². The van der Waals surface area contributed by atoms with Gasteiger partial charge >= 0.3 is 3.93 Å². The van der Waals surface area contributed by atoms with Crippen molar-refractivity contribution in [2.75, 3.05) is 0 Å². The molecule has 0 aliphatic heterocycles. The number of hydrogen-bond donors (Lipinski definition) is 0. The van der Waals surface area contributed by atoms with E-state index in [1.165, 1.54) is 6.07 Å². The molecule has 0 unspecified atom stereocenters. The predicted octanol–water partition coefficient (Wildman–Crippen LogP) is 2.96. The first kappa shape index (κ1) is 9.05. The summed E-state index contributed by atoms with van der Waals surface area (Å²) in [4.78, 5) is 10.9. The van der Waals surface area contributed by atoms with E-state index in [2.05, 4.69) is 0 Å². The highest BCUT2D eigenvalue weighted by atomic mass is 127. The number of carbonyl (C=O) groups is 1. The van der Waals surface area contributed by atoms with Gasteiger partial charge in [-0.3, -0.25) is 4.79 Å². The highest BCUT2D eigenvalue weighted by molar-refractivity contribution is 14.1. The zero-order valence-corrected chi connectivity index (χ0v) is 8.16. The maximum Gasteiger partial charge on any atom is 0.358 e. The van der Waals surface area contributed by atoms with E-state index in [-0.39, 0.29) is 4.88 Å². The monoisotopic (exact) mass is 288 g/mol. The molecule has 1 nitrogen and oxygen atoms in total. The number of rotatable bonds is 2. The molecule has 0 fully saturated rings. The second kappa shape index (κ2) is 3.14. The number of carbonyl (C=O) groups excluding carboxylic acids is 1. The molecule has 1 aromatic heterocycles. The molecule has 1 aromatic rings. The summed E-state index contributed by atoms with van der Waals surface area (Å²) in [7, 11) is 0. The maximum atomic E-state index is 12.3. The van der Waals surface area contributed by atoms with E-state index >= 15 is 0 Å². The summed E-state index contributed by atoms with van der Waals surface area (Å²) in [5, 5.41) is 1.59. The number of halogens is 3. The van der Waals surface area contributed by atoms with Crippen molar-refractivity contribution in [2.24, 2.45) is 0 Å². The van der Waals surface area contributed by atoms with Crippen molar-refractivity contribution >= 4 is 39.7 Å². The molecule has 0 amide bonds. The van der Waals surface area contributed by atoms with Gasteiger partial charge in [-0.05, 0) is 11.4 Å². The highest BCUT2D eigenvalue weighted by Gasteiger charge is 2.35. The molecule has 11 heavy (non-hydrogen) atoms. The standard InChI is InChI=1S/C6H3F2IOS/c7-6(8,9)5(10)4-2-1-3-11-4/h1-3H. The Morgan fingerprint density at radius 3 is 2.64 bits per heavy atom. The lowest BCUT2D eigenvalue weighted by Gasteiger charge is -2.03. The van der Waals surface area contributed by atoms with Gasteiger partial charge in [0.25, 0.3) is 5.78 Å². The number of Topliss-reactive ketones (excluding diaryl/α,β-unsaturated/α-hetero) is 1. The van der Waals surface area contributed by atoms with E-state index in [0.29, 0.717) is 0 Å². The van der Waals surface area contributed by atoms with Crippen LogP contribution in [0.5, 0.6) is 0 Å². The van der Waals surface area contributed by atoms with E-state index in [1.807, 2.05) is 0 Å². The smallest absolute Gasteiger partial charge is 0.285 e. The molecule has 5 heteroatoms. The van der Waals surface area contributed by atoms with Crippen LogP contribution in [0.25, 0.3) is 0 Å². The van der Waals surface area contributed by atoms with Gasteiger partial charge in [-0.1, -0.05) is 6.07 Å². The lowest BCUT2D eigenvalue weighted by atomic mass is 10.3. The van der Waals surface area contributed by atoms with Crippen LogP contribution in [0, 0.1) is 0 Å². The van der Waals surface area contributed by atoms with Crippen LogP contribution >= 0.6 is 33.9 Å². The first-order valence-corrected chi connectivity index (χ1v) is 4.62. The normalized spacial score (nSPS) is 11.5. The molecule has 0 saturated carbocycles. The Balaban J connectivity index is 2.88. The number of ketones is 1. The number of hydrogen-bond acceptors (Lipinski definition) is 2. The first-order chi connectivity index (χ1) is 5.02. The maximum absolute atomic E-state index is 12.3. The van der Waals surface area contributed by atoms with Crippen molar-refractivity contribution in [1.29, 1.82) is 0 Å². The van der Waals surface area contributed by atoms with E-state index in [0.717, 1.165) is 33.9 Å². The minimum absolute atomic E-state index is 0.101. The van der Waals surface area contributed by atoms with Crippen LogP contribution in [0.3, 0.4) is 0 Å². The first-order valence-electron chi connectivity index (χ1n) is 2.67. The van der Waals surface area contributed by atoms with Crippen LogP contribution in [0.2, 0.25) is 0 Å². The Hall–Kier alpha value is -0.0400. The third-order valence-corrected chi connectivity index (χ3v) is 2.36. The largest absolute Gasteiger partial charge is 0.358 e. The molecule has 1 rings (SSSR count). The Morgan fingerprint density at radius 1 is 1.64 bits per heavy atom. The second-order valence-electron chi connectivity index (χ2n) is 1.80. The van der Waals surface area contributed by atoms with E-state index in [1.54, 1.807) is 11.4 Å². The molecule has 60 valence electrons. The molecule has 0 aliphatic rings. The van der Waals surface area contributed by atoms with Crippen LogP contribution < -0.4 is 0 Å². The molecule has 0 atom stereocenters. The van der Waals surface area contributed by atoms with Gasteiger partial charge < -0.3 is 0 Å². The fourth-order valence-corrected chi connectivity index (χ4v) is 1.72. The van der Waals surface area contributed by atoms with Gasteiger partial charge in [-0.2, -0.15) is 8.78 Å². The molecule has 0 aliphatic carbocycles. The third-order valence-electron chi connectivity index (χ3n) is 1.00. The van der Waals surface area contributed by atoms with Crippen molar-refractivity contribution in [3.8, 4) is 0 Å². The van der Waals surface area contributed by atoms with Crippen LogP contribution in [0.15, 0.2) is 17.5 Å². The van der Waals surface area contributed by atoms with Gasteiger partial charge in [0.1, 0.15) is 0 Å². The van der Waals surface area contributed by atoms with E-state index in [4.69, 9.17) is 0 Å². The highest BCUT2D eigenvalue weighted by Crippen LogP contribution is 2.28. The van der Waals surface area contributed by atoms with Crippen LogP contribution in [0.1, 0.15) is 9.67 Å². The Kier molecular flexibility index (Phi) is 2.58. The van der Waals surface area contributed by atoms with Crippen LogP contribution in [-0.4, -0.2) is 9.71 Å². The van der Waals surface area contributed by atoms with Crippen molar-refractivity contribution in [2.45, 2.75) is 3.93 Å². The van der Waals surface area contributed by atoms with Crippen LogP contribution in [0.4, 0.5) is 8.78 Å². The summed E-state index contributed by atoms with van der Waals surface area (Å²) in [5.74, 6) is -1.12. The molecule has 0 aromatic carbocycles. The lowest BCUT2D eigenvalue weighted by molar-refractivity contribution is 0.0631. The second-order valence-corrected chi connectivity index (χ2v) is 4.11. The van der Waals surface area contributed by atoms with Gasteiger partial charge in [0.05, 0.1) is 4.88 Å². The Labute approximate surface area is 79.6 Å². The zero-order valence-electron chi connectivity index (χ0n) is 5.18. The molecule has 0 N–H and O–H groups in total. The van der Waals surface area contributed by atoms with Crippen molar-refractivity contribution in [1.82, 2.24) is 0 Å². The average molecular weight is 288 g/mol. The number of alkyl halides is 3. The van der Waals surface area contributed by atoms with E-state index in [9.17, 15) is 13.6 Å². The Morgan fingerprint density at radius 2 is 2.27 bits per heavy atom. The molecular formula is C6H3F2IOS. The SMILES string of the molecule is O=C(c1cccs1)C(F)(F)I. The van der Waals surface area contributed by atoms with Gasteiger partial charge in [0.15, 0.2) is 0 Å². The van der Waals surface area contributed by atoms with Gasteiger partial charge in [-0.15, -0.1) is 11.3 Å². The van der Waals surface area contributed by atoms with Gasteiger partial charge in [-0.25, -0.2) is 0 Å². The third kappa shape index (κ3) is 2.19. The summed E-state index contributed by atoms with van der Waals surface area (Å²) < 4.78 is 21.4. The predicted molar refractivity (Wildman–Crippen MR) is 47.6 cm³/mol. The fourth-order valence-electron chi connectivity index (χ4n) is 0.547. The number of thiophene rings is 1. The minimum atomic E-state index is -3.28. The summed E-state index contributed by atoms with van der Waals surface area (Å²) in [6.45, 7) is 0. The molecule has 0 spiro atoms. The molecule has 0 bridgehead atoms. The fraction of sp³-hybridized carbons (Fsp3) is 0.167. The topological polar surface area (TPSA) is 17.1 Å². The lowest BCUT2D eigenvalue weighted by Crippen LogP contribution is -2.19. The quantitative estimate of drug-likeness (QED) is 0.464. The minimum Gasteiger partial charge on any atom is -0.285 e. The summed E-state index contributed by atoms with van der Waals surface area (Å²) in [6.07, 6.45) is 0. The van der Waals surface area contributed by atoms with Crippen molar-refractivity contribution in [3.05, 3.63) is 22.4 Å². The van der Waals surface area contributed by atoms with Gasteiger partial charge in [0.2, 0.25) is 0 Å². The summed E-state index contributed by atoms with van der Waals surface area (Å²) in [5.41, 5.74) is 0. The summed E-state index contributed by atoms with van der Waals surface area (Å²) in [6, 6.07) is 2.96. The molecule has 1 heterocycles. The van der Waals surface area contributed by atoms with Crippen LogP contribution in [-0.2, 0) is 0 Å². The van der Waals surface area contributed by atoms with Gasteiger partial charge in [0, 0.05) is 22.6 Å². The van der Waals surface area contributed by atoms with E-state index < -0.39 is 9.71 Å². The molecular weight excluding hydrogens is 285 g/mol. The molecule has 0 saturated heterocycles. The molecule has 0 radical (unpaired) electrons. The Bertz CT molecular complexity index is 252. The van der Waals surface area contributed by atoms with Crippen molar-refractivity contribution < 1.29 is 13.6 Å². The zero-order chi connectivity index (χ0) is 8.48. The summed E-state index contributed by atoms with van der Waals surface area (Å²) >= 11 is 1.85.